The molecule has 0 aromatic rings. The molecular formula is C20H34O2. The lowest BCUT2D eigenvalue weighted by Crippen LogP contribution is -2.42. The van der Waals surface area contributed by atoms with Crippen LogP contribution in [0, 0.1) is 0 Å². The molecule has 0 aromatic carbocycles. The van der Waals surface area contributed by atoms with Crippen LogP contribution in [0.2, 0.25) is 0 Å². The van der Waals surface area contributed by atoms with Crippen molar-refractivity contribution in [2.45, 2.75) is 96.7 Å². The molecule has 0 amide bonds. The van der Waals surface area contributed by atoms with Crippen LogP contribution in [0.25, 0.3) is 0 Å². The number of ether oxygens (including phenoxy) is 1. The molecule has 2 unspecified atom stereocenters. The summed E-state index contributed by atoms with van der Waals surface area (Å²) in [7, 11) is 0. The number of ketones is 1. The molecule has 1 rings (SSSR count). The van der Waals surface area contributed by atoms with Gasteiger partial charge >= 0.3 is 0 Å². The summed E-state index contributed by atoms with van der Waals surface area (Å²) < 4.78 is 6.32. The van der Waals surface area contributed by atoms with Crippen molar-refractivity contribution in [1.29, 1.82) is 0 Å². The highest BCUT2D eigenvalue weighted by molar-refractivity contribution is 5.87. The molecule has 0 bridgehead atoms. The lowest BCUT2D eigenvalue weighted by Gasteiger charge is -2.33. The number of carbonyl (C=O) groups is 1. The van der Waals surface area contributed by atoms with E-state index in [4.69, 9.17) is 4.74 Å². The van der Waals surface area contributed by atoms with Gasteiger partial charge in [0.2, 0.25) is 0 Å². The monoisotopic (exact) mass is 306 g/mol. The third-order valence-corrected chi connectivity index (χ3v) is 4.50. The molecule has 2 nitrogen and oxygen atoms in total. The van der Waals surface area contributed by atoms with Crippen LogP contribution in [0.15, 0.2) is 24.3 Å². The van der Waals surface area contributed by atoms with Gasteiger partial charge in [0.1, 0.15) is 5.60 Å². The minimum atomic E-state index is -0.712. The number of unbranched alkanes of at least 4 members (excludes halogenated alkanes) is 5. The molecular weight excluding hydrogens is 272 g/mol. The smallest absolute Gasteiger partial charge is 0.165 e. The maximum Gasteiger partial charge on any atom is 0.165 e. The van der Waals surface area contributed by atoms with Gasteiger partial charge in [-0.2, -0.15) is 0 Å². The Morgan fingerprint density at radius 3 is 2.36 bits per heavy atom. The predicted octanol–water partition coefficient (Wildman–Crippen LogP) is 5.77. The van der Waals surface area contributed by atoms with Gasteiger partial charge in [0.25, 0.3) is 0 Å². The van der Waals surface area contributed by atoms with Crippen molar-refractivity contribution in [3.05, 3.63) is 24.3 Å². The third-order valence-electron chi connectivity index (χ3n) is 4.50. The Morgan fingerprint density at radius 1 is 1.05 bits per heavy atom. The van der Waals surface area contributed by atoms with Gasteiger partial charge in [-0.1, -0.05) is 77.0 Å². The van der Waals surface area contributed by atoms with E-state index < -0.39 is 5.60 Å². The van der Waals surface area contributed by atoms with Gasteiger partial charge in [-0.15, -0.1) is 0 Å². The molecule has 126 valence electrons. The quantitative estimate of drug-likeness (QED) is 0.428. The van der Waals surface area contributed by atoms with Crippen LogP contribution in [0.1, 0.15) is 85.0 Å². The molecule has 2 heteroatoms. The normalized spacial score (nSPS) is 22.0. The second kappa shape index (κ2) is 10.8. The molecule has 2 atom stereocenters. The number of rotatable bonds is 12. The van der Waals surface area contributed by atoms with Gasteiger partial charge in [-0.25, -0.2) is 0 Å². The molecule has 0 N–H and O–H groups in total. The minimum absolute atomic E-state index is 0.122. The first-order valence-electron chi connectivity index (χ1n) is 9.18. The average molecular weight is 306 g/mol. The van der Waals surface area contributed by atoms with Crippen molar-refractivity contribution in [3.63, 3.8) is 0 Å². The van der Waals surface area contributed by atoms with Crippen LogP contribution in [-0.4, -0.2) is 17.5 Å². The summed E-state index contributed by atoms with van der Waals surface area (Å²) in [6.45, 7) is 6.09. The van der Waals surface area contributed by atoms with Crippen molar-refractivity contribution >= 4 is 5.78 Å². The van der Waals surface area contributed by atoms with E-state index in [-0.39, 0.29) is 11.9 Å². The molecule has 0 saturated carbocycles. The van der Waals surface area contributed by atoms with E-state index in [1.54, 1.807) is 6.92 Å². The van der Waals surface area contributed by atoms with E-state index in [0.29, 0.717) is 6.42 Å². The van der Waals surface area contributed by atoms with Crippen LogP contribution in [-0.2, 0) is 9.53 Å². The van der Waals surface area contributed by atoms with Crippen LogP contribution in [0.4, 0.5) is 0 Å². The zero-order chi connectivity index (χ0) is 16.3. The van der Waals surface area contributed by atoms with E-state index in [1.807, 2.05) is 24.3 Å². The molecule has 0 fully saturated rings. The van der Waals surface area contributed by atoms with Crippen molar-refractivity contribution in [2.75, 3.05) is 0 Å². The Labute approximate surface area is 137 Å². The zero-order valence-electron chi connectivity index (χ0n) is 14.8. The van der Waals surface area contributed by atoms with Crippen molar-refractivity contribution in [1.82, 2.24) is 0 Å². The number of allylic oxidation sites excluding steroid dienone is 2. The molecule has 22 heavy (non-hydrogen) atoms. The Bertz CT molecular complexity index is 370. The summed E-state index contributed by atoms with van der Waals surface area (Å²) in [5, 5.41) is 0. The SMILES string of the molecule is CCCCCCCCC(CCC)OC1(C(C)=O)C=CC=CC1. The fraction of sp³-hybridized carbons (Fsp3) is 0.750. The van der Waals surface area contributed by atoms with Crippen molar-refractivity contribution in [3.8, 4) is 0 Å². The number of carbonyl (C=O) groups excluding carboxylic acids is 1. The number of hydrogen-bond acceptors (Lipinski definition) is 2. The van der Waals surface area contributed by atoms with Gasteiger partial charge in [-0.05, 0) is 25.8 Å². The fourth-order valence-corrected chi connectivity index (χ4v) is 3.07. The van der Waals surface area contributed by atoms with Gasteiger partial charge in [-0.3, -0.25) is 4.79 Å². The lowest BCUT2D eigenvalue weighted by molar-refractivity contribution is -0.143. The Morgan fingerprint density at radius 2 is 1.77 bits per heavy atom. The first kappa shape index (κ1) is 19.2. The molecule has 1 aliphatic carbocycles. The maximum atomic E-state index is 12.1. The second-order valence-corrected chi connectivity index (χ2v) is 6.52. The van der Waals surface area contributed by atoms with E-state index >= 15 is 0 Å². The summed E-state index contributed by atoms with van der Waals surface area (Å²) in [4.78, 5) is 12.1. The topological polar surface area (TPSA) is 26.3 Å². The summed E-state index contributed by atoms with van der Waals surface area (Å²) in [5.41, 5.74) is -0.712. The third kappa shape index (κ3) is 6.48. The highest BCUT2D eigenvalue weighted by Gasteiger charge is 2.35. The van der Waals surface area contributed by atoms with E-state index in [0.717, 1.165) is 19.3 Å². The minimum Gasteiger partial charge on any atom is -0.360 e. The predicted molar refractivity (Wildman–Crippen MR) is 94.1 cm³/mol. The average Bonchev–Trinajstić information content (AvgIpc) is 2.51. The van der Waals surface area contributed by atoms with Gasteiger partial charge in [0, 0.05) is 6.42 Å². The Hall–Kier alpha value is -0.890. The molecule has 0 spiro atoms. The van der Waals surface area contributed by atoms with Crippen LogP contribution >= 0.6 is 0 Å². The van der Waals surface area contributed by atoms with E-state index in [2.05, 4.69) is 13.8 Å². The van der Waals surface area contributed by atoms with Gasteiger partial charge < -0.3 is 4.74 Å². The maximum absolute atomic E-state index is 12.1. The van der Waals surface area contributed by atoms with E-state index in [9.17, 15) is 4.79 Å². The summed E-state index contributed by atoms with van der Waals surface area (Å²) in [5.74, 6) is 0.122. The summed E-state index contributed by atoms with van der Waals surface area (Å²) in [6, 6.07) is 0. The van der Waals surface area contributed by atoms with Gasteiger partial charge in [0.05, 0.1) is 6.10 Å². The lowest BCUT2D eigenvalue weighted by atomic mass is 9.90. The Balaban J connectivity index is 2.46. The van der Waals surface area contributed by atoms with Crippen LogP contribution in [0.5, 0.6) is 0 Å². The Kier molecular flexibility index (Phi) is 9.38. The summed E-state index contributed by atoms with van der Waals surface area (Å²) >= 11 is 0. The number of Topliss-reactive ketones (excluding diaryl/α,β-unsaturated/α-hetero) is 1. The second-order valence-electron chi connectivity index (χ2n) is 6.52. The molecule has 0 radical (unpaired) electrons. The first-order valence-corrected chi connectivity index (χ1v) is 9.18. The van der Waals surface area contributed by atoms with Gasteiger partial charge in [0.15, 0.2) is 5.78 Å². The molecule has 0 aromatic heterocycles. The molecule has 0 saturated heterocycles. The zero-order valence-corrected chi connectivity index (χ0v) is 14.8. The number of hydrogen-bond donors (Lipinski definition) is 0. The summed E-state index contributed by atoms with van der Waals surface area (Å²) in [6.07, 6.45) is 19.8. The first-order chi connectivity index (χ1) is 10.6. The van der Waals surface area contributed by atoms with Crippen LogP contribution < -0.4 is 0 Å². The van der Waals surface area contributed by atoms with Crippen molar-refractivity contribution in [2.24, 2.45) is 0 Å². The highest BCUT2D eigenvalue weighted by Crippen LogP contribution is 2.28. The van der Waals surface area contributed by atoms with Crippen molar-refractivity contribution < 1.29 is 9.53 Å². The van der Waals surface area contributed by atoms with E-state index in [1.165, 1.54) is 38.5 Å². The molecule has 0 aliphatic heterocycles. The highest BCUT2D eigenvalue weighted by atomic mass is 16.5. The van der Waals surface area contributed by atoms with Crippen LogP contribution in [0.3, 0.4) is 0 Å². The molecule has 1 aliphatic rings. The standard InChI is InChI=1S/C20H34O2/c1-4-6-7-8-9-11-15-19(14-5-2)22-20(18(3)21)16-12-10-13-17-20/h10,12-13,16,19H,4-9,11,14-15,17H2,1-3H3. The fourth-order valence-electron chi connectivity index (χ4n) is 3.07. The largest absolute Gasteiger partial charge is 0.360 e. The molecule has 0 heterocycles.